The molecule has 5 heteroatoms. The minimum atomic E-state index is 0.594. The molecule has 0 amide bonds. The van der Waals surface area contributed by atoms with E-state index < -0.39 is 0 Å². The normalized spacial score (nSPS) is 11.1. The lowest BCUT2D eigenvalue weighted by Gasteiger charge is -2.07. The molecule has 0 fully saturated rings. The predicted molar refractivity (Wildman–Crippen MR) is 80.7 cm³/mol. The van der Waals surface area contributed by atoms with E-state index in [1.54, 1.807) is 6.20 Å². The number of aryl methyl sites for hydroxylation is 2. The molecule has 2 heterocycles. The summed E-state index contributed by atoms with van der Waals surface area (Å²) < 4.78 is 2.54. The van der Waals surface area contributed by atoms with Crippen molar-refractivity contribution >= 4 is 35.0 Å². The molecule has 3 nitrogen and oxygen atoms in total. The molecule has 0 aliphatic heterocycles. The molecule has 96 valence electrons. The summed E-state index contributed by atoms with van der Waals surface area (Å²) >= 11 is 11.3. The lowest BCUT2D eigenvalue weighted by molar-refractivity contribution is 1.04. The maximum absolute atomic E-state index is 5.95. The number of pyridine rings is 1. The second kappa shape index (κ2) is 4.47. The number of rotatable bonds is 1. The van der Waals surface area contributed by atoms with Crippen LogP contribution in [0.25, 0.3) is 16.9 Å². The Morgan fingerprint density at radius 2 is 2.00 bits per heavy atom. The van der Waals surface area contributed by atoms with E-state index in [1.807, 2.05) is 16.7 Å². The van der Waals surface area contributed by atoms with Crippen LogP contribution in [0.2, 0.25) is 5.02 Å². The molecule has 0 radical (unpaired) electrons. The number of imidazole rings is 1. The van der Waals surface area contributed by atoms with Gasteiger partial charge in [-0.25, -0.2) is 4.98 Å². The van der Waals surface area contributed by atoms with Gasteiger partial charge < -0.3 is 4.98 Å². The van der Waals surface area contributed by atoms with Gasteiger partial charge >= 0.3 is 0 Å². The van der Waals surface area contributed by atoms with Gasteiger partial charge in [0.15, 0.2) is 10.4 Å². The minimum Gasteiger partial charge on any atom is -0.329 e. The quantitative estimate of drug-likeness (QED) is 0.676. The molecule has 19 heavy (non-hydrogen) atoms. The number of nitrogens with one attached hydrogen (secondary N) is 1. The Bertz CT molecular complexity index is 832. The summed E-state index contributed by atoms with van der Waals surface area (Å²) in [7, 11) is 0. The molecule has 0 saturated carbocycles. The van der Waals surface area contributed by atoms with Crippen molar-refractivity contribution < 1.29 is 0 Å². The van der Waals surface area contributed by atoms with Gasteiger partial charge in [0, 0.05) is 6.20 Å². The Morgan fingerprint density at radius 1 is 1.21 bits per heavy atom. The Hall–Kier alpha value is -1.65. The number of hydrogen-bond donors (Lipinski definition) is 1. The molecule has 1 N–H and O–H groups in total. The lowest BCUT2D eigenvalue weighted by Crippen LogP contribution is -1.96. The average Bonchev–Trinajstić information content (AvgIpc) is 2.68. The van der Waals surface area contributed by atoms with Gasteiger partial charge in [0.1, 0.15) is 0 Å². The zero-order chi connectivity index (χ0) is 13.6. The van der Waals surface area contributed by atoms with Crippen LogP contribution in [0.15, 0.2) is 30.5 Å². The van der Waals surface area contributed by atoms with Gasteiger partial charge in [-0.1, -0.05) is 17.7 Å². The molecule has 0 unspecified atom stereocenters. The fraction of sp³-hybridized carbons (Fsp3) is 0.143. The van der Waals surface area contributed by atoms with Gasteiger partial charge in [-0.05, 0) is 55.4 Å². The molecule has 0 aliphatic rings. The van der Waals surface area contributed by atoms with Gasteiger partial charge in [-0.15, -0.1) is 0 Å². The summed E-state index contributed by atoms with van der Waals surface area (Å²) in [5.41, 5.74) is 5.12. The number of hydrogen-bond acceptors (Lipinski definition) is 2. The Balaban J connectivity index is 2.32. The van der Waals surface area contributed by atoms with Crippen LogP contribution in [-0.4, -0.2) is 14.5 Å². The van der Waals surface area contributed by atoms with E-state index in [1.165, 1.54) is 11.1 Å². The molecule has 3 rings (SSSR count). The highest BCUT2D eigenvalue weighted by atomic mass is 35.5. The zero-order valence-electron chi connectivity index (χ0n) is 10.6. The van der Waals surface area contributed by atoms with Gasteiger partial charge in [0.05, 0.1) is 16.2 Å². The largest absolute Gasteiger partial charge is 0.329 e. The third kappa shape index (κ3) is 2.07. The standard InChI is InChI=1S/C14H12ClN3S/c1-8-3-4-11(5-9(8)2)18-13-12(17-14(18)19)6-10(15)7-16-13/h3-7H,1-2H3,(H,17,19). The molecule has 3 aromatic rings. The summed E-state index contributed by atoms with van der Waals surface area (Å²) in [6, 6.07) is 8.06. The Labute approximate surface area is 120 Å². The van der Waals surface area contributed by atoms with Crippen LogP contribution >= 0.6 is 23.8 Å². The van der Waals surface area contributed by atoms with E-state index in [0.717, 1.165) is 16.9 Å². The lowest BCUT2D eigenvalue weighted by atomic mass is 10.1. The third-order valence-electron chi connectivity index (χ3n) is 3.24. The summed E-state index contributed by atoms with van der Waals surface area (Å²) in [4.78, 5) is 7.49. The first-order chi connectivity index (χ1) is 9.06. The smallest absolute Gasteiger partial charge is 0.183 e. The van der Waals surface area contributed by atoms with Crippen molar-refractivity contribution in [3.05, 3.63) is 51.4 Å². The molecule has 0 bridgehead atoms. The van der Waals surface area contributed by atoms with Crippen LogP contribution in [0, 0.1) is 18.6 Å². The number of benzene rings is 1. The number of fused-ring (bicyclic) bond motifs is 1. The highest BCUT2D eigenvalue weighted by Crippen LogP contribution is 2.21. The number of aromatic nitrogens is 3. The molecule has 0 saturated heterocycles. The summed E-state index contributed by atoms with van der Waals surface area (Å²) in [6.07, 6.45) is 1.63. The minimum absolute atomic E-state index is 0.594. The molecule has 0 spiro atoms. The van der Waals surface area contributed by atoms with Crippen molar-refractivity contribution in [3.8, 4) is 5.69 Å². The van der Waals surface area contributed by atoms with Crippen LogP contribution in [0.4, 0.5) is 0 Å². The summed E-state index contributed by atoms with van der Waals surface area (Å²) in [5.74, 6) is 0. The number of halogens is 1. The molecule has 0 aliphatic carbocycles. The van der Waals surface area contributed by atoms with Crippen molar-refractivity contribution in [1.82, 2.24) is 14.5 Å². The highest BCUT2D eigenvalue weighted by molar-refractivity contribution is 7.71. The van der Waals surface area contributed by atoms with Gasteiger partial charge in [0.25, 0.3) is 0 Å². The Morgan fingerprint density at radius 3 is 2.74 bits per heavy atom. The van der Waals surface area contributed by atoms with Gasteiger partial charge in [-0.2, -0.15) is 0 Å². The first kappa shape index (κ1) is 12.4. The molecule has 1 aromatic carbocycles. The van der Waals surface area contributed by atoms with E-state index in [0.29, 0.717) is 9.79 Å². The second-order valence-electron chi connectivity index (χ2n) is 4.56. The van der Waals surface area contributed by atoms with Crippen LogP contribution in [0.1, 0.15) is 11.1 Å². The molecular weight excluding hydrogens is 278 g/mol. The second-order valence-corrected chi connectivity index (χ2v) is 5.38. The van der Waals surface area contributed by atoms with Crippen molar-refractivity contribution in [1.29, 1.82) is 0 Å². The number of aromatic amines is 1. The SMILES string of the molecule is Cc1ccc(-n2c(=S)[nH]c3cc(Cl)cnc32)cc1C. The van der Waals surface area contributed by atoms with Gasteiger partial charge in [0.2, 0.25) is 0 Å². The maximum Gasteiger partial charge on any atom is 0.183 e. The van der Waals surface area contributed by atoms with Crippen molar-refractivity contribution in [2.45, 2.75) is 13.8 Å². The number of H-pyrrole nitrogens is 1. The predicted octanol–water partition coefficient (Wildman–Crippen LogP) is 4.35. The fourth-order valence-electron chi connectivity index (χ4n) is 2.07. The monoisotopic (exact) mass is 289 g/mol. The first-order valence-corrected chi connectivity index (χ1v) is 6.69. The van der Waals surface area contributed by atoms with Crippen LogP contribution in [0.5, 0.6) is 0 Å². The fourth-order valence-corrected chi connectivity index (χ4v) is 2.53. The number of nitrogens with zero attached hydrogens (tertiary/aromatic N) is 2. The van der Waals surface area contributed by atoms with Crippen LogP contribution in [0.3, 0.4) is 0 Å². The van der Waals surface area contributed by atoms with Crippen LogP contribution in [-0.2, 0) is 0 Å². The highest BCUT2D eigenvalue weighted by Gasteiger charge is 2.08. The molecule has 2 aromatic heterocycles. The maximum atomic E-state index is 5.95. The van der Waals surface area contributed by atoms with Crippen molar-refractivity contribution in [2.24, 2.45) is 0 Å². The average molecular weight is 290 g/mol. The van der Waals surface area contributed by atoms with Crippen LogP contribution < -0.4 is 0 Å². The van der Waals surface area contributed by atoms with E-state index in [2.05, 4.69) is 35.9 Å². The van der Waals surface area contributed by atoms with E-state index >= 15 is 0 Å². The zero-order valence-corrected chi connectivity index (χ0v) is 12.1. The first-order valence-electron chi connectivity index (χ1n) is 5.90. The van der Waals surface area contributed by atoms with E-state index in [4.69, 9.17) is 23.8 Å². The van der Waals surface area contributed by atoms with E-state index in [-0.39, 0.29) is 0 Å². The topological polar surface area (TPSA) is 33.6 Å². The summed E-state index contributed by atoms with van der Waals surface area (Å²) in [5, 5.41) is 0.594. The van der Waals surface area contributed by atoms with E-state index in [9.17, 15) is 0 Å². The van der Waals surface area contributed by atoms with Gasteiger partial charge in [-0.3, -0.25) is 4.57 Å². The summed E-state index contributed by atoms with van der Waals surface area (Å²) in [6.45, 7) is 4.17. The van der Waals surface area contributed by atoms with Crippen molar-refractivity contribution in [2.75, 3.05) is 0 Å². The van der Waals surface area contributed by atoms with Crippen molar-refractivity contribution in [3.63, 3.8) is 0 Å². The third-order valence-corrected chi connectivity index (χ3v) is 3.73. The molecular formula is C14H12ClN3S. The Kier molecular flexibility index (Phi) is 2.92. The molecule has 0 atom stereocenters.